The molecular weight excluding hydrogens is 258 g/mol. The van der Waals surface area contributed by atoms with Crippen molar-refractivity contribution in [2.45, 2.75) is 6.92 Å². The summed E-state index contributed by atoms with van der Waals surface area (Å²) in [5.74, 6) is -0.821. The Bertz CT molecular complexity index is 663. The molecule has 104 valence electrons. The zero-order chi connectivity index (χ0) is 14.7. The van der Waals surface area contributed by atoms with Gasteiger partial charge in [-0.25, -0.2) is 4.68 Å². The molecule has 2 aromatic rings. The average molecular weight is 273 g/mol. The Hall–Kier alpha value is -2.83. The second-order valence-corrected chi connectivity index (χ2v) is 4.14. The quantitative estimate of drug-likeness (QED) is 0.695. The Morgan fingerprint density at radius 3 is 2.70 bits per heavy atom. The zero-order valence-corrected chi connectivity index (χ0v) is 11.0. The smallest absolute Gasteiger partial charge is 0.269 e. The molecule has 2 amide bonds. The molecule has 0 fully saturated rings. The van der Waals surface area contributed by atoms with E-state index in [1.54, 1.807) is 24.4 Å². The molecule has 0 aliphatic carbocycles. The Morgan fingerprint density at radius 1 is 1.35 bits per heavy atom. The Labute approximate surface area is 115 Å². The number of nitrogen functional groups attached to an aromatic ring is 1. The summed E-state index contributed by atoms with van der Waals surface area (Å²) in [5.41, 5.74) is 12.6. The zero-order valence-electron chi connectivity index (χ0n) is 11.0. The Morgan fingerprint density at radius 2 is 2.10 bits per heavy atom. The highest BCUT2D eigenvalue weighted by Crippen LogP contribution is 2.18. The van der Waals surface area contributed by atoms with Crippen LogP contribution in [0.1, 0.15) is 27.8 Å². The minimum atomic E-state index is -0.623. The van der Waals surface area contributed by atoms with Crippen molar-refractivity contribution in [2.24, 2.45) is 5.73 Å². The van der Waals surface area contributed by atoms with Gasteiger partial charge in [0.1, 0.15) is 5.69 Å². The first kappa shape index (κ1) is 13.6. The molecule has 0 radical (unpaired) electrons. The molecule has 2 rings (SSSR count). The highest BCUT2D eigenvalue weighted by atomic mass is 16.2. The summed E-state index contributed by atoms with van der Waals surface area (Å²) >= 11 is 0. The Kier molecular flexibility index (Phi) is 3.69. The summed E-state index contributed by atoms with van der Waals surface area (Å²) in [6.45, 7) is 2.37. The molecule has 7 nitrogen and oxygen atoms in total. The van der Waals surface area contributed by atoms with Crippen molar-refractivity contribution in [1.82, 2.24) is 15.1 Å². The van der Waals surface area contributed by atoms with E-state index >= 15 is 0 Å². The molecule has 0 spiro atoms. The van der Waals surface area contributed by atoms with Gasteiger partial charge >= 0.3 is 0 Å². The molecule has 0 bridgehead atoms. The number of rotatable bonds is 4. The van der Waals surface area contributed by atoms with Crippen LogP contribution >= 0.6 is 0 Å². The SMILES string of the molecule is CCNC(=O)c1ccc(N)c(-n2ccc(C(N)=O)n2)c1. The van der Waals surface area contributed by atoms with E-state index in [-0.39, 0.29) is 11.6 Å². The number of aromatic nitrogens is 2. The first-order valence-electron chi connectivity index (χ1n) is 6.06. The Balaban J connectivity index is 2.41. The van der Waals surface area contributed by atoms with Gasteiger partial charge in [0.15, 0.2) is 0 Å². The highest BCUT2D eigenvalue weighted by Gasteiger charge is 2.11. The highest BCUT2D eigenvalue weighted by molar-refractivity contribution is 5.95. The summed E-state index contributed by atoms with van der Waals surface area (Å²) in [5, 5.41) is 6.72. The lowest BCUT2D eigenvalue weighted by molar-refractivity contribution is 0.0954. The third kappa shape index (κ3) is 2.61. The lowest BCUT2D eigenvalue weighted by Crippen LogP contribution is -2.23. The fourth-order valence-corrected chi connectivity index (χ4v) is 1.74. The minimum Gasteiger partial charge on any atom is -0.397 e. The molecule has 0 aliphatic heterocycles. The number of primary amides is 1. The monoisotopic (exact) mass is 273 g/mol. The standard InChI is InChI=1S/C13H15N5O2/c1-2-16-13(20)8-3-4-9(14)11(7-8)18-6-5-10(17-18)12(15)19/h3-7H,2,14H2,1H3,(H2,15,19)(H,16,20). The number of carbonyl (C=O) groups excluding carboxylic acids is 2. The molecule has 5 N–H and O–H groups in total. The first-order valence-corrected chi connectivity index (χ1v) is 6.06. The van der Waals surface area contributed by atoms with Gasteiger partial charge in [-0.15, -0.1) is 0 Å². The van der Waals surface area contributed by atoms with E-state index in [4.69, 9.17) is 11.5 Å². The third-order valence-corrected chi connectivity index (χ3v) is 2.72. The van der Waals surface area contributed by atoms with Gasteiger partial charge in [0.05, 0.1) is 11.4 Å². The van der Waals surface area contributed by atoms with Crippen molar-refractivity contribution in [3.05, 3.63) is 41.7 Å². The van der Waals surface area contributed by atoms with Crippen LogP contribution in [0.15, 0.2) is 30.5 Å². The van der Waals surface area contributed by atoms with Crippen molar-refractivity contribution in [2.75, 3.05) is 12.3 Å². The molecule has 0 aliphatic rings. The van der Waals surface area contributed by atoms with Crippen LogP contribution in [0.3, 0.4) is 0 Å². The number of hydrogen-bond acceptors (Lipinski definition) is 4. The third-order valence-electron chi connectivity index (χ3n) is 2.72. The molecule has 0 unspecified atom stereocenters. The van der Waals surface area contributed by atoms with E-state index in [1.807, 2.05) is 6.92 Å². The molecule has 1 aromatic heterocycles. The fourth-order valence-electron chi connectivity index (χ4n) is 1.74. The van der Waals surface area contributed by atoms with Crippen molar-refractivity contribution < 1.29 is 9.59 Å². The van der Waals surface area contributed by atoms with Gasteiger partial charge in [0, 0.05) is 18.3 Å². The van der Waals surface area contributed by atoms with E-state index in [0.717, 1.165) is 0 Å². The molecular formula is C13H15N5O2. The predicted molar refractivity (Wildman–Crippen MR) is 74.5 cm³/mol. The fraction of sp³-hybridized carbons (Fsp3) is 0.154. The maximum absolute atomic E-state index is 11.8. The number of nitrogens with zero attached hydrogens (tertiary/aromatic N) is 2. The van der Waals surface area contributed by atoms with Crippen LogP contribution in [0.4, 0.5) is 5.69 Å². The second-order valence-electron chi connectivity index (χ2n) is 4.14. The van der Waals surface area contributed by atoms with E-state index in [1.165, 1.54) is 10.7 Å². The van der Waals surface area contributed by atoms with Gasteiger partial charge in [-0.3, -0.25) is 9.59 Å². The van der Waals surface area contributed by atoms with Gasteiger partial charge in [-0.2, -0.15) is 5.10 Å². The van der Waals surface area contributed by atoms with Crippen molar-refractivity contribution >= 4 is 17.5 Å². The number of carbonyl (C=O) groups is 2. The normalized spacial score (nSPS) is 10.2. The van der Waals surface area contributed by atoms with Crippen molar-refractivity contribution in [3.8, 4) is 5.69 Å². The summed E-state index contributed by atoms with van der Waals surface area (Å²) in [6, 6.07) is 6.34. The molecule has 0 saturated carbocycles. The molecule has 20 heavy (non-hydrogen) atoms. The second kappa shape index (κ2) is 5.43. The molecule has 1 aromatic carbocycles. The van der Waals surface area contributed by atoms with Gasteiger partial charge in [-0.05, 0) is 31.2 Å². The van der Waals surface area contributed by atoms with Gasteiger partial charge in [0.25, 0.3) is 11.8 Å². The molecule has 0 saturated heterocycles. The molecule has 7 heteroatoms. The average Bonchev–Trinajstić information content (AvgIpc) is 2.89. The molecule has 1 heterocycles. The summed E-state index contributed by atoms with van der Waals surface area (Å²) in [6.07, 6.45) is 1.56. The van der Waals surface area contributed by atoms with Crippen LogP contribution < -0.4 is 16.8 Å². The largest absolute Gasteiger partial charge is 0.397 e. The number of nitrogens with two attached hydrogens (primary N) is 2. The van der Waals surface area contributed by atoms with Crippen molar-refractivity contribution in [3.63, 3.8) is 0 Å². The van der Waals surface area contributed by atoms with Gasteiger partial charge in [-0.1, -0.05) is 0 Å². The number of nitrogens with one attached hydrogen (secondary N) is 1. The summed E-state index contributed by atoms with van der Waals surface area (Å²) < 4.78 is 1.41. The molecule has 0 atom stereocenters. The topological polar surface area (TPSA) is 116 Å². The van der Waals surface area contributed by atoms with Crippen LogP contribution in [0.2, 0.25) is 0 Å². The lowest BCUT2D eigenvalue weighted by atomic mass is 10.1. The number of amides is 2. The predicted octanol–water partition coefficient (Wildman–Crippen LogP) is 0.303. The van der Waals surface area contributed by atoms with E-state index < -0.39 is 5.91 Å². The van der Waals surface area contributed by atoms with Crippen LogP contribution in [-0.4, -0.2) is 28.1 Å². The first-order chi connectivity index (χ1) is 9.52. The summed E-state index contributed by atoms with van der Waals surface area (Å²) in [4.78, 5) is 22.8. The van der Waals surface area contributed by atoms with Gasteiger partial charge in [0.2, 0.25) is 0 Å². The lowest BCUT2D eigenvalue weighted by Gasteiger charge is -2.08. The van der Waals surface area contributed by atoms with E-state index in [2.05, 4.69) is 10.4 Å². The van der Waals surface area contributed by atoms with Gasteiger partial charge < -0.3 is 16.8 Å². The van der Waals surface area contributed by atoms with Crippen LogP contribution in [0.25, 0.3) is 5.69 Å². The van der Waals surface area contributed by atoms with Crippen LogP contribution in [0.5, 0.6) is 0 Å². The number of hydrogen-bond donors (Lipinski definition) is 3. The maximum atomic E-state index is 11.8. The van der Waals surface area contributed by atoms with Crippen LogP contribution in [-0.2, 0) is 0 Å². The summed E-state index contributed by atoms with van der Waals surface area (Å²) in [7, 11) is 0. The maximum Gasteiger partial charge on any atom is 0.269 e. The number of anilines is 1. The number of benzene rings is 1. The van der Waals surface area contributed by atoms with Crippen molar-refractivity contribution in [1.29, 1.82) is 0 Å². The van der Waals surface area contributed by atoms with E-state index in [9.17, 15) is 9.59 Å². The van der Waals surface area contributed by atoms with Crippen LogP contribution in [0, 0.1) is 0 Å². The minimum absolute atomic E-state index is 0.132. The van der Waals surface area contributed by atoms with E-state index in [0.29, 0.717) is 23.5 Å².